The van der Waals surface area contributed by atoms with Gasteiger partial charge >= 0.3 is 0 Å². The summed E-state index contributed by atoms with van der Waals surface area (Å²) < 4.78 is 0. The minimum Gasteiger partial charge on any atom is -0.351 e. The SMILES string of the molecule is Br.O=C1N=C(N2CCCC2)SC1=Cc1ccc(-c2ccccc2)cc1. The van der Waals surface area contributed by atoms with Gasteiger partial charge in [0, 0.05) is 13.1 Å². The Kier molecular flexibility index (Phi) is 5.76. The van der Waals surface area contributed by atoms with Gasteiger partial charge in [-0.2, -0.15) is 4.99 Å². The zero-order valence-electron chi connectivity index (χ0n) is 13.7. The summed E-state index contributed by atoms with van der Waals surface area (Å²) in [5.41, 5.74) is 3.41. The Morgan fingerprint density at radius 3 is 2.24 bits per heavy atom. The number of likely N-dealkylation sites (tertiary alicyclic amines) is 1. The van der Waals surface area contributed by atoms with Crippen molar-refractivity contribution in [1.82, 2.24) is 4.90 Å². The Hall–Kier alpha value is -1.85. The van der Waals surface area contributed by atoms with Crippen molar-refractivity contribution >= 4 is 45.9 Å². The van der Waals surface area contributed by atoms with E-state index in [0.29, 0.717) is 4.91 Å². The third kappa shape index (κ3) is 4.05. The Balaban J connectivity index is 0.00000182. The largest absolute Gasteiger partial charge is 0.351 e. The maximum absolute atomic E-state index is 12.1. The second kappa shape index (κ2) is 8.02. The molecule has 1 fully saturated rings. The zero-order chi connectivity index (χ0) is 16.4. The van der Waals surface area contributed by atoms with Gasteiger partial charge in [-0.15, -0.1) is 17.0 Å². The molecule has 1 saturated heterocycles. The van der Waals surface area contributed by atoms with Gasteiger partial charge < -0.3 is 4.90 Å². The molecule has 2 aliphatic rings. The van der Waals surface area contributed by atoms with Gasteiger partial charge in [-0.1, -0.05) is 54.6 Å². The van der Waals surface area contributed by atoms with Crippen molar-refractivity contribution in [2.24, 2.45) is 4.99 Å². The van der Waals surface area contributed by atoms with E-state index >= 15 is 0 Å². The van der Waals surface area contributed by atoms with Crippen LogP contribution in [0.25, 0.3) is 17.2 Å². The second-order valence-corrected chi connectivity index (χ2v) is 7.00. The second-order valence-electron chi connectivity index (χ2n) is 5.99. The highest BCUT2D eigenvalue weighted by Gasteiger charge is 2.27. The molecule has 2 aliphatic heterocycles. The monoisotopic (exact) mass is 414 g/mol. The van der Waals surface area contributed by atoms with E-state index in [1.807, 2.05) is 24.3 Å². The molecule has 0 unspecified atom stereocenters. The van der Waals surface area contributed by atoms with Gasteiger partial charge in [0.05, 0.1) is 4.91 Å². The summed E-state index contributed by atoms with van der Waals surface area (Å²) in [6.45, 7) is 2.02. The predicted molar refractivity (Wildman–Crippen MR) is 111 cm³/mol. The van der Waals surface area contributed by atoms with Crippen molar-refractivity contribution in [3.63, 3.8) is 0 Å². The molecule has 0 N–H and O–H groups in total. The van der Waals surface area contributed by atoms with Gasteiger partial charge in [0.1, 0.15) is 0 Å². The predicted octanol–water partition coefficient (Wildman–Crippen LogP) is 5.00. The zero-order valence-corrected chi connectivity index (χ0v) is 16.3. The van der Waals surface area contributed by atoms with Crippen molar-refractivity contribution in [1.29, 1.82) is 0 Å². The van der Waals surface area contributed by atoms with E-state index in [1.165, 1.54) is 35.7 Å². The summed E-state index contributed by atoms with van der Waals surface area (Å²) in [6.07, 6.45) is 4.32. The van der Waals surface area contributed by atoms with Crippen molar-refractivity contribution in [3.05, 3.63) is 65.1 Å². The Labute approximate surface area is 162 Å². The van der Waals surface area contributed by atoms with E-state index in [9.17, 15) is 4.79 Å². The maximum Gasteiger partial charge on any atom is 0.286 e. The Morgan fingerprint density at radius 1 is 0.920 bits per heavy atom. The first-order valence-corrected chi connectivity index (χ1v) is 9.04. The number of hydrogen-bond donors (Lipinski definition) is 0. The molecule has 0 bridgehead atoms. The lowest BCUT2D eigenvalue weighted by Gasteiger charge is -2.14. The molecule has 2 aromatic carbocycles. The first-order valence-electron chi connectivity index (χ1n) is 8.23. The molecule has 0 atom stereocenters. The average Bonchev–Trinajstić information content (AvgIpc) is 3.27. The molecule has 0 aromatic heterocycles. The molecular weight excluding hydrogens is 396 g/mol. The van der Waals surface area contributed by atoms with E-state index in [4.69, 9.17) is 0 Å². The summed E-state index contributed by atoms with van der Waals surface area (Å²) in [5, 5.41) is 0.865. The Morgan fingerprint density at radius 2 is 1.56 bits per heavy atom. The summed E-state index contributed by atoms with van der Waals surface area (Å²) in [4.78, 5) is 19.3. The van der Waals surface area contributed by atoms with Crippen molar-refractivity contribution in [3.8, 4) is 11.1 Å². The third-order valence-corrected chi connectivity index (χ3v) is 5.35. The van der Waals surface area contributed by atoms with Crippen LogP contribution in [0.4, 0.5) is 0 Å². The van der Waals surface area contributed by atoms with E-state index in [1.54, 1.807) is 0 Å². The van der Waals surface area contributed by atoms with E-state index in [0.717, 1.165) is 23.8 Å². The number of rotatable bonds is 2. The molecule has 0 spiro atoms. The van der Waals surface area contributed by atoms with Crippen LogP contribution in [0.5, 0.6) is 0 Å². The number of amidine groups is 1. The lowest BCUT2D eigenvalue weighted by atomic mass is 10.0. The lowest BCUT2D eigenvalue weighted by Crippen LogP contribution is -2.23. The molecular formula is C20H19BrN2OS. The smallest absolute Gasteiger partial charge is 0.286 e. The van der Waals surface area contributed by atoms with Crippen LogP contribution in [-0.4, -0.2) is 29.1 Å². The van der Waals surface area contributed by atoms with E-state index in [-0.39, 0.29) is 22.9 Å². The third-order valence-electron chi connectivity index (χ3n) is 4.30. The summed E-state index contributed by atoms with van der Waals surface area (Å²) in [6, 6.07) is 18.6. The van der Waals surface area contributed by atoms with Crippen LogP contribution in [-0.2, 0) is 4.79 Å². The van der Waals surface area contributed by atoms with Gasteiger partial charge in [-0.3, -0.25) is 4.79 Å². The summed E-state index contributed by atoms with van der Waals surface area (Å²) in [7, 11) is 0. The number of carbonyl (C=O) groups excluding carboxylic acids is 1. The highest BCUT2D eigenvalue weighted by atomic mass is 79.9. The van der Waals surface area contributed by atoms with Crippen molar-refractivity contribution in [2.45, 2.75) is 12.8 Å². The molecule has 0 saturated carbocycles. The normalized spacial score (nSPS) is 18.4. The molecule has 1 amide bonds. The fourth-order valence-electron chi connectivity index (χ4n) is 3.00. The fourth-order valence-corrected chi connectivity index (χ4v) is 3.96. The minimum atomic E-state index is -0.117. The topological polar surface area (TPSA) is 32.7 Å². The highest BCUT2D eigenvalue weighted by Crippen LogP contribution is 2.32. The number of halogens is 1. The average molecular weight is 415 g/mol. The molecule has 2 aromatic rings. The number of hydrogen-bond acceptors (Lipinski definition) is 3. The molecule has 25 heavy (non-hydrogen) atoms. The van der Waals surface area contributed by atoms with Gasteiger partial charge in [0.15, 0.2) is 5.17 Å². The molecule has 0 aliphatic carbocycles. The van der Waals surface area contributed by atoms with Crippen LogP contribution in [0.3, 0.4) is 0 Å². The number of thioether (sulfide) groups is 1. The van der Waals surface area contributed by atoms with Gasteiger partial charge in [-0.05, 0) is 47.4 Å². The van der Waals surface area contributed by atoms with E-state index in [2.05, 4.69) is 46.3 Å². The minimum absolute atomic E-state index is 0. The van der Waals surface area contributed by atoms with Gasteiger partial charge in [-0.25, -0.2) is 0 Å². The number of carbonyl (C=O) groups is 1. The number of benzene rings is 2. The molecule has 2 heterocycles. The molecule has 5 heteroatoms. The highest BCUT2D eigenvalue weighted by molar-refractivity contribution is 8.93. The van der Waals surface area contributed by atoms with Crippen LogP contribution in [0.15, 0.2) is 64.5 Å². The summed E-state index contributed by atoms with van der Waals surface area (Å²) in [5.74, 6) is -0.117. The maximum atomic E-state index is 12.1. The van der Waals surface area contributed by atoms with Crippen LogP contribution >= 0.6 is 28.7 Å². The molecule has 4 rings (SSSR count). The lowest BCUT2D eigenvalue weighted by molar-refractivity contribution is -0.113. The standard InChI is InChI=1S/C20H18N2OS.BrH/c23-19-18(24-20(21-19)22-12-4-5-13-22)14-15-8-10-17(11-9-15)16-6-2-1-3-7-16;/h1-3,6-11,14H,4-5,12-13H2;1H. The summed E-state index contributed by atoms with van der Waals surface area (Å²) >= 11 is 1.50. The number of nitrogens with zero attached hydrogens (tertiary/aromatic N) is 2. The van der Waals surface area contributed by atoms with Gasteiger partial charge in [0.2, 0.25) is 0 Å². The van der Waals surface area contributed by atoms with Crippen LogP contribution < -0.4 is 0 Å². The quantitative estimate of drug-likeness (QED) is 0.648. The van der Waals surface area contributed by atoms with Crippen molar-refractivity contribution in [2.75, 3.05) is 13.1 Å². The fraction of sp³-hybridized carbons (Fsp3) is 0.200. The molecule has 128 valence electrons. The van der Waals surface area contributed by atoms with Crippen LogP contribution in [0.2, 0.25) is 0 Å². The first kappa shape index (κ1) is 18.0. The Bertz CT molecular complexity index is 809. The van der Waals surface area contributed by atoms with E-state index < -0.39 is 0 Å². The van der Waals surface area contributed by atoms with Gasteiger partial charge in [0.25, 0.3) is 5.91 Å². The first-order chi connectivity index (χ1) is 11.8. The number of aliphatic imine (C=N–C) groups is 1. The van der Waals surface area contributed by atoms with Crippen LogP contribution in [0, 0.1) is 0 Å². The molecule has 3 nitrogen and oxygen atoms in total. The molecule has 0 radical (unpaired) electrons. The van der Waals surface area contributed by atoms with Crippen molar-refractivity contribution < 1.29 is 4.79 Å². The van der Waals surface area contributed by atoms with Crippen LogP contribution in [0.1, 0.15) is 18.4 Å². The number of amides is 1.